The van der Waals surface area contributed by atoms with Gasteiger partial charge in [-0.3, -0.25) is 4.79 Å². The summed E-state index contributed by atoms with van der Waals surface area (Å²) >= 11 is 0. The predicted octanol–water partition coefficient (Wildman–Crippen LogP) is 19.9. The summed E-state index contributed by atoms with van der Waals surface area (Å²) in [5.74, 6) is -0.104. The van der Waals surface area contributed by atoms with E-state index in [1.165, 1.54) is 83.5 Å². The van der Waals surface area contributed by atoms with Gasteiger partial charge in [-0.2, -0.15) is 0 Å². The van der Waals surface area contributed by atoms with Crippen LogP contribution in [0.3, 0.4) is 0 Å². The lowest BCUT2D eigenvalue weighted by Gasteiger charge is -2.19. The lowest BCUT2D eigenvalue weighted by molar-refractivity contribution is -0.123. The fourth-order valence-electron chi connectivity index (χ4n) is 7.74. The Balaban J connectivity index is 3.73. The summed E-state index contributed by atoms with van der Waals surface area (Å²) in [7, 11) is 0. The Labute approximate surface area is 445 Å². The van der Waals surface area contributed by atoms with Gasteiger partial charge in [-0.15, -0.1) is 0 Å². The first kappa shape index (κ1) is 67.8. The van der Waals surface area contributed by atoms with Crippen LogP contribution in [0.2, 0.25) is 0 Å². The van der Waals surface area contributed by atoms with Crippen LogP contribution in [0.15, 0.2) is 170 Å². The first-order chi connectivity index (χ1) is 35.7. The first-order valence-corrected chi connectivity index (χ1v) is 29.3. The summed E-state index contributed by atoms with van der Waals surface area (Å²) in [5, 5.41) is 23.1. The fourth-order valence-corrected chi connectivity index (χ4v) is 7.74. The molecule has 0 saturated carbocycles. The van der Waals surface area contributed by atoms with Gasteiger partial charge in [0.1, 0.15) is 0 Å². The van der Waals surface area contributed by atoms with Crippen LogP contribution < -0.4 is 5.32 Å². The molecular weight excluding hydrogens is 879 g/mol. The molecule has 0 aromatic rings. The lowest BCUT2D eigenvalue weighted by Crippen LogP contribution is -2.45. The molecule has 0 aliphatic carbocycles. The average Bonchev–Trinajstić information content (AvgIpc) is 3.39. The molecule has 0 aromatic heterocycles. The van der Waals surface area contributed by atoms with E-state index < -0.39 is 12.1 Å². The van der Waals surface area contributed by atoms with Crippen molar-refractivity contribution in [2.75, 3.05) is 6.61 Å². The van der Waals surface area contributed by atoms with E-state index in [0.29, 0.717) is 6.42 Å². The minimum absolute atomic E-state index is 0.104. The molecule has 4 heteroatoms. The molecule has 404 valence electrons. The van der Waals surface area contributed by atoms with Gasteiger partial charge in [-0.25, -0.2) is 0 Å². The maximum Gasteiger partial charge on any atom is 0.220 e. The summed E-state index contributed by atoms with van der Waals surface area (Å²) in [4.78, 5) is 12.5. The second-order valence-corrected chi connectivity index (χ2v) is 19.0. The molecule has 0 fully saturated rings. The Bertz CT molecular complexity index is 1590. The molecule has 0 aromatic carbocycles. The third-order valence-electron chi connectivity index (χ3n) is 12.2. The molecule has 2 unspecified atom stereocenters. The molecule has 0 aliphatic rings. The van der Waals surface area contributed by atoms with E-state index in [4.69, 9.17) is 0 Å². The molecular formula is C68H109NO3. The number of unbranched alkanes of at least 4 members (excludes halogenated alkanes) is 18. The van der Waals surface area contributed by atoms with Gasteiger partial charge in [0.2, 0.25) is 5.91 Å². The fraction of sp³-hybridized carbons (Fsp3) is 0.574. The first-order valence-electron chi connectivity index (χ1n) is 29.3. The maximum atomic E-state index is 12.5. The second kappa shape index (κ2) is 61.1. The van der Waals surface area contributed by atoms with Crippen LogP contribution in [0.5, 0.6) is 0 Å². The zero-order chi connectivity index (χ0) is 52.0. The number of aliphatic hydroxyl groups excluding tert-OH is 2. The summed E-state index contributed by atoms with van der Waals surface area (Å²) in [6.45, 7) is 4.16. The highest BCUT2D eigenvalue weighted by Gasteiger charge is 2.17. The lowest BCUT2D eigenvalue weighted by atomic mass is 10.1. The second-order valence-electron chi connectivity index (χ2n) is 19.0. The number of rotatable bonds is 51. The molecule has 72 heavy (non-hydrogen) atoms. The zero-order valence-electron chi connectivity index (χ0n) is 46.4. The van der Waals surface area contributed by atoms with E-state index in [0.717, 1.165) is 128 Å². The molecule has 0 bridgehead atoms. The zero-order valence-corrected chi connectivity index (χ0v) is 46.4. The van der Waals surface area contributed by atoms with Crippen molar-refractivity contribution in [3.8, 4) is 0 Å². The standard InChI is InChI=1S/C68H109NO3/c1-3-5-7-9-11-13-15-17-19-21-23-25-26-27-28-29-30-31-32-33-34-35-36-37-38-39-40-41-42-44-46-48-50-52-54-56-58-60-62-64-68(72)69-66(65-70)67(71)63-61-59-57-55-53-51-49-47-45-43-24-22-20-18-16-14-12-10-8-6-4-2/h5,7,11,13,17,19,23,25,27-28,30-31,33-34,36-37,39-40,42,44-45,47-48,50,53,55,61,63,66-67,70-71H,3-4,6,8-10,12,14-16,18,20-22,24,26,29,32,35,38,41,43,46,49,51-52,54,56-60,62,64-65H2,1-2H3,(H,69,72)/b7-5-,13-11-,19-17-,25-23-,28-27-,31-30-,34-33-,37-36-,40-39-,44-42-,47-45+,50-48-,55-53+,63-61+. The van der Waals surface area contributed by atoms with E-state index in [-0.39, 0.29) is 12.5 Å². The minimum Gasteiger partial charge on any atom is -0.394 e. The van der Waals surface area contributed by atoms with Crippen molar-refractivity contribution < 1.29 is 15.0 Å². The van der Waals surface area contributed by atoms with E-state index in [2.05, 4.69) is 177 Å². The highest BCUT2D eigenvalue weighted by atomic mass is 16.3. The van der Waals surface area contributed by atoms with Gasteiger partial charge in [0.15, 0.2) is 0 Å². The highest BCUT2D eigenvalue weighted by Crippen LogP contribution is 2.13. The molecule has 0 saturated heterocycles. The van der Waals surface area contributed by atoms with Gasteiger partial charge in [-0.1, -0.05) is 267 Å². The molecule has 3 N–H and O–H groups in total. The SMILES string of the molecule is CC/C=C\C/C=C\C/C=C\C/C=C\C/C=C\C/C=C\C/C=C\C/C=C\C/C=C\C/C=C\C/C=C\CCCCCCCC(=O)NC(CO)C(O)/C=C/CC/C=C/CC/C=C/CCCCCCCCCCCCC. The van der Waals surface area contributed by atoms with Gasteiger partial charge in [0.05, 0.1) is 18.8 Å². The van der Waals surface area contributed by atoms with E-state index in [9.17, 15) is 15.0 Å². The summed E-state index contributed by atoms with van der Waals surface area (Å²) < 4.78 is 0. The van der Waals surface area contributed by atoms with Crippen molar-refractivity contribution in [2.24, 2.45) is 0 Å². The third-order valence-corrected chi connectivity index (χ3v) is 12.2. The van der Waals surface area contributed by atoms with Crippen LogP contribution in [0, 0.1) is 0 Å². The number of hydrogen-bond acceptors (Lipinski definition) is 3. The smallest absolute Gasteiger partial charge is 0.220 e. The van der Waals surface area contributed by atoms with Crippen LogP contribution in [-0.2, 0) is 4.79 Å². The highest BCUT2D eigenvalue weighted by molar-refractivity contribution is 5.76. The molecule has 0 rings (SSSR count). The molecule has 0 heterocycles. The number of allylic oxidation sites excluding steroid dienone is 27. The maximum absolute atomic E-state index is 12.5. The van der Waals surface area contributed by atoms with Crippen LogP contribution >= 0.6 is 0 Å². The van der Waals surface area contributed by atoms with Gasteiger partial charge in [0, 0.05) is 6.42 Å². The normalized spacial score (nSPS) is 14.1. The predicted molar refractivity (Wildman–Crippen MR) is 321 cm³/mol. The van der Waals surface area contributed by atoms with Crippen molar-refractivity contribution in [2.45, 2.75) is 244 Å². The Kier molecular flexibility index (Phi) is 57.4. The van der Waals surface area contributed by atoms with Crippen molar-refractivity contribution >= 4 is 5.91 Å². The van der Waals surface area contributed by atoms with Crippen LogP contribution in [-0.4, -0.2) is 34.9 Å². The van der Waals surface area contributed by atoms with Gasteiger partial charge in [0.25, 0.3) is 0 Å². The Morgan fingerprint density at radius 1 is 0.347 bits per heavy atom. The minimum atomic E-state index is -0.892. The Hall–Kier alpha value is -4.25. The van der Waals surface area contributed by atoms with E-state index >= 15 is 0 Å². The Morgan fingerprint density at radius 3 is 0.972 bits per heavy atom. The monoisotopic (exact) mass is 988 g/mol. The van der Waals surface area contributed by atoms with Crippen LogP contribution in [0.1, 0.15) is 232 Å². The van der Waals surface area contributed by atoms with Crippen LogP contribution in [0.4, 0.5) is 0 Å². The van der Waals surface area contributed by atoms with Crippen molar-refractivity contribution in [3.05, 3.63) is 170 Å². The third kappa shape index (κ3) is 56.7. The van der Waals surface area contributed by atoms with E-state index in [1.54, 1.807) is 6.08 Å². The largest absolute Gasteiger partial charge is 0.394 e. The summed E-state index contributed by atoms with van der Waals surface area (Å²) in [6, 6.07) is -0.670. The van der Waals surface area contributed by atoms with Crippen molar-refractivity contribution in [1.82, 2.24) is 5.32 Å². The van der Waals surface area contributed by atoms with Gasteiger partial charge >= 0.3 is 0 Å². The molecule has 0 aliphatic heterocycles. The molecule has 0 radical (unpaired) electrons. The number of hydrogen-bond donors (Lipinski definition) is 3. The van der Waals surface area contributed by atoms with Crippen molar-refractivity contribution in [3.63, 3.8) is 0 Å². The number of amides is 1. The molecule has 4 nitrogen and oxygen atoms in total. The van der Waals surface area contributed by atoms with Gasteiger partial charge < -0.3 is 15.5 Å². The summed E-state index contributed by atoms with van der Waals surface area (Å²) in [5.41, 5.74) is 0. The molecule has 0 spiro atoms. The van der Waals surface area contributed by atoms with E-state index in [1.807, 2.05) is 6.08 Å². The number of nitrogens with one attached hydrogen (secondary N) is 1. The molecule has 2 atom stereocenters. The quantitative estimate of drug-likeness (QED) is 0.0420. The number of carbonyl (C=O) groups is 1. The van der Waals surface area contributed by atoms with Crippen LogP contribution in [0.25, 0.3) is 0 Å². The number of carbonyl (C=O) groups excluding carboxylic acids is 1. The number of aliphatic hydroxyl groups is 2. The van der Waals surface area contributed by atoms with Crippen molar-refractivity contribution in [1.29, 1.82) is 0 Å². The summed E-state index contributed by atoms with van der Waals surface area (Å²) in [6.07, 6.45) is 99.4. The topological polar surface area (TPSA) is 69.6 Å². The Morgan fingerprint density at radius 2 is 0.625 bits per heavy atom. The molecule has 1 amide bonds. The average molecular weight is 989 g/mol. The van der Waals surface area contributed by atoms with Gasteiger partial charge in [-0.05, 0) is 128 Å².